The third kappa shape index (κ3) is 3.28. The van der Waals surface area contributed by atoms with E-state index in [-0.39, 0.29) is 21.2 Å². The summed E-state index contributed by atoms with van der Waals surface area (Å²) in [6, 6.07) is 0. The molecule has 0 aromatic carbocycles. The number of allylic oxidation sites excluding steroid dienone is 2. The molecule has 0 aliphatic carbocycles. The molecule has 1 aliphatic heterocycles. The van der Waals surface area contributed by atoms with Crippen molar-refractivity contribution in [2.24, 2.45) is 5.92 Å². The summed E-state index contributed by atoms with van der Waals surface area (Å²) in [7, 11) is 0. The van der Waals surface area contributed by atoms with E-state index in [0.29, 0.717) is 5.92 Å². The Kier molecular flexibility index (Phi) is 4.15. The number of hydrogen-bond acceptors (Lipinski definition) is 3. The molecule has 0 spiro atoms. The molecular weight excluding hydrogens is 325 g/mol. The van der Waals surface area contributed by atoms with Gasteiger partial charge in [0, 0.05) is 0 Å². The average molecular weight is 342 g/mol. The number of aryl methyl sites for hydroxylation is 1. The van der Waals surface area contributed by atoms with E-state index in [9.17, 15) is 0 Å². The minimum absolute atomic E-state index is 0.122. The van der Waals surface area contributed by atoms with Gasteiger partial charge in [0.15, 0.2) is 0 Å². The average Bonchev–Trinajstić information content (AvgIpc) is 2.55. The maximum absolute atomic E-state index is 4.25. The van der Waals surface area contributed by atoms with Crippen molar-refractivity contribution in [1.29, 1.82) is 0 Å². The van der Waals surface area contributed by atoms with Crippen molar-refractivity contribution in [3.63, 3.8) is 0 Å². The molecule has 0 amide bonds. The van der Waals surface area contributed by atoms with E-state index in [0.717, 1.165) is 21.6 Å². The molecule has 0 unspecified atom stereocenters. The fourth-order valence-electron chi connectivity index (χ4n) is 1.50. The molecule has 1 aromatic rings. The third-order valence-electron chi connectivity index (χ3n) is 2.61. The zero-order valence-corrected chi connectivity index (χ0v) is 12.5. The van der Waals surface area contributed by atoms with Crippen molar-refractivity contribution in [2.45, 2.75) is 20.8 Å². The number of alkyl halides is 1. The normalized spacial score (nSPS) is 16.5. The first-order chi connectivity index (χ1) is 8.16. The Morgan fingerprint density at radius 2 is 2.00 bits per heavy atom. The molecule has 2 rings (SSSR count). The monoisotopic (exact) mass is 342 g/mol. The molecular formula is C13H17IN3-. The van der Waals surface area contributed by atoms with Crippen molar-refractivity contribution >= 4 is 5.70 Å². The number of nitrogens with zero attached hydrogens (tertiary/aromatic N) is 2. The van der Waals surface area contributed by atoms with Crippen LogP contribution >= 0.6 is 0 Å². The van der Waals surface area contributed by atoms with Crippen LogP contribution in [0.2, 0.25) is 0 Å². The second kappa shape index (κ2) is 5.62. The number of hydrogen-bond donors (Lipinski definition) is 1. The molecule has 1 aliphatic rings. The van der Waals surface area contributed by atoms with E-state index in [4.69, 9.17) is 0 Å². The standard InChI is InChI=1S/C13H17IN3/c1-9(2)11-4-13(17-8-14-5-11)12-6-15-10(3)16-7-12/h4-7,9,17H,8H2,1-3H3/q-1. The van der Waals surface area contributed by atoms with E-state index in [1.165, 1.54) is 5.57 Å². The first-order valence-electron chi connectivity index (χ1n) is 5.69. The molecule has 3 nitrogen and oxygen atoms in total. The number of rotatable bonds is 2. The summed E-state index contributed by atoms with van der Waals surface area (Å²) in [6.45, 7) is 6.38. The Bertz CT molecular complexity index is 446. The van der Waals surface area contributed by atoms with Gasteiger partial charge in [-0.05, 0) is 0 Å². The molecule has 0 saturated carbocycles. The number of halogens is 1. The summed E-state index contributed by atoms with van der Waals surface area (Å²) >= 11 is 0.122. The van der Waals surface area contributed by atoms with E-state index in [1.807, 2.05) is 19.3 Å². The van der Waals surface area contributed by atoms with Crippen molar-refractivity contribution in [1.82, 2.24) is 15.3 Å². The van der Waals surface area contributed by atoms with Gasteiger partial charge in [0.25, 0.3) is 0 Å². The molecule has 0 radical (unpaired) electrons. The van der Waals surface area contributed by atoms with E-state index in [2.05, 4.69) is 39.3 Å². The molecule has 17 heavy (non-hydrogen) atoms. The summed E-state index contributed by atoms with van der Waals surface area (Å²) in [6.07, 6.45) is 6.02. The SMILES string of the molecule is Cc1ncc(C2=CC(C(C)C)=C[I-]CN2)cn1. The van der Waals surface area contributed by atoms with Gasteiger partial charge in [0.05, 0.1) is 0 Å². The van der Waals surface area contributed by atoms with Gasteiger partial charge in [-0.1, -0.05) is 0 Å². The van der Waals surface area contributed by atoms with Crippen LogP contribution in [-0.2, 0) is 0 Å². The predicted molar refractivity (Wildman–Crippen MR) is 65.7 cm³/mol. The summed E-state index contributed by atoms with van der Waals surface area (Å²) in [5, 5.41) is 3.48. The summed E-state index contributed by atoms with van der Waals surface area (Å²) in [5.41, 5.74) is 3.66. The van der Waals surface area contributed by atoms with Crippen LogP contribution in [0.4, 0.5) is 0 Å². The summed E-state index contributed by atoms with van der Waals surface area (Å²) in [5.74, 6) is 1.39. The van der Waals surface area contributed by atoms with E-state index < -0.39 is 0 Å². The topological polar surface area (TPSA) is 37.8 Å². The van der Waals surface area contributed by atoms with Crippen LogP contribution in [0.1, 0.15) is 25.2 Å². The van der Waals surface area contributed by atoms with Crippen LogP contribution in [0.5, 0.6) is 0 Å². The second-order valence-electron chi connectivity index (χ2n) is 4.31. The minimum atomic E-state index is 0.122. The van der Waals surface area contributed by atoms with Gasteiger partial charge in [-0.2, -0.15) is 0 Å². The Labute approximate surface area is 113 Å². The molecule has 0 saturated heterocycles. The van der Waals surface area contributed by atoms with Gasteiger partial charge in [0.2, 0.25) is 0 Å². The Hall–Kier alpha value is -0.910. The van der Waals surface area contributed by atoms with Crippen LogP contribution in [0.25, 0.3) is 5.70 Å². The van der Waals surface area contributed by atoms with Crippen molar-refractivity contribution in [3.05, 3.63) is 39.5 Å². The Morgan fingerprint density at radius 3 is 2.65 bits per heavy atom. The molecule has 0 fully saturated rings. The van der Waals surface area contributed by atoms with E-state index >= 15 is 0 Å². The quantitative estimate of drug-likeness (QED) is 0.440. The van der Waals surface area contributed by atoms with Gasteiger partial charge in [0.1, 0.15) is 0 Å². The first kappa shape index (κ1) is 12.5. The van der Waals surface area contributed by atoms with Crippen LogP contribution in [0.15, 0.2) is 28.1 Å². The molecule has 4 heteroatoms. The molecule has 2 heterocycles. The molecule has 0 bridgehead atoms. The zero-order valence-electron chi connectivity index (χ0n) is 10.4. The van der Waals surface area contributed by atoms with Crippen LogP contribution in [0.3, 0.4) is 0 Å². The van der Waals surface area contributed by atoms with Gasteiger partial charge < -0.3 is 0 Å². The van der Waals surface area contributed by atoms with Gasteiger partial charge in [-0.25, -0.2) is 0 Å². The van der Waals surface area contributed by atoms with Crippen LogP contribution < -0.4 is 26.5 Å². The van der Waals surface area contributed by atoms with Crippen LogP contribution in [-0.4, -0.2) is 14.5 Å². The molecule has 1 aromatic heterocycles. The Balaban J connectivity index is 2.31. The second-order valence-corrected chi connectivity index (χ2v) is 6.57. The van der Waals surface area contributed by atoms with Crippen molar-refractivity contribution < 1.29 is 21.2 Å². The Morgan fingerprint density at radius 1 is 1.29 bits per heavy atom. The molecule has 92 valence electrons. The van der Waals surface area contributed by atoms with E-state index in [1.54, 1.807) is 0 Å². The molecule has 1 N–H and O–H groups in total. The fourth-order valence-corrected chi connectivity index (χ4v) is 3.76. The fraction of sp³-hybridized carbons (Fsp3) is 0.385. The van der Waals surface area contributed by atoms with Gasteiger partial charge in [-0.15, -0.1) is 0 Å². The van der Waals surface area contributed by atoms with Crippen molar-refractivity contribution in [3.8, 4) is 0 Å². The molecule has 0 atom stereocenters. The van der Waals surface area contributed by atoms with Crippen molar-refractivity contribution in [2.75, 3.05) is 4.55 Å². The van der Waals surface area contributed by atoms with Crippen LogP contribution in [0, 0.1) is 12.8 Å². The predicted octanol–water partition coefficient (Wildman–Crippen LogP) is -0.684. The van der Waals surface area contributed by atoms with Gasteiger partial charge in [-0.3, -0.25) is 0 Å². The first-order valence-corrected chi connectivity index (χ1v) is 8.46. The van der Waals surface area contributed by atoms with Gasteiger partial charge >= 0.3 is 113 Å². The number of nitrogens with one attached hydrogen (secondary N) is 1. The maximum atomic E-state index is 4.25. The summed E-state index contributed by atoms with van der Waals surface area (Å²) < 4.78 is 3.49. The zero-order chi connectivity index (χ0) is 12.3. The number of aromatic nitrogens is 2. The summed E-state index contributed by atoms with van der Waals surface area (Å²) in [4.78, 5) is 8.50. The third-order valence-corrected chi connectivity index (χ3v) is 4.59.